The minimum atomic E-state index is -1.00. The molecule has 0 aliphatic rings. The van der Waals surface area contributed by atoms with Crippen molar-refractivity contribution in [3.63, 3.8) is 0 Å². The van der Waals surface area contributed by atoms with Crippen molar-refractivity contribution in [1.82, 2.24) is 9.80 Å². The number of aliphatic carboxylic acids is 1. The van der Waals surface area contributed by atoms with Crippen LogP contribution in [0.3, 0.4) is 0 Å². The van der Waals surface area contributed by atoms with Gasteiger partial charge in [-0.15, -0.1) is 0 Å². The van der Waals surface area contributed by atoms with Crippen molar-refractivity contribution in [2.24, 2.45) is 0 Å². The summed E-state index contributed by atoms with van der Waals surface area (Å²) in [5.74, 6) is -1.00. The second kappa shape index (κ2) is 6.64. The number of carbonyl (C=O) groups is 2. The van der Waals surface area contributed by atoms with Gasteiger partial charge >= 0.3 is 12.0 Å². The molecule has 2 amide bonds. The normalized spacial score (nSPS) is 9.89. The number of rotatable bonds is 5. The number of urea groups is 1. The first-order valence-electron chi connectivity index (χ1n) is 5.80. The first-order chi connectivity index (χ1) is 8.54. The maximum absolute atomic E-state index is 12.0. The molecule has 1 N–H and O–H groups in total. The zero-order valence-corrected chi connectivity index (χ0v) is 10.7. The Bertz CT molecular complexity index is 406. The molecule has 1 aromatic rings. The van der Waals surface area contributed by atoms with Crippen LogP contribution in [0.5, 0.6) is 0 Å². The first-order valence-corrected chi connectivity index (χ1v) is 5.80. The standard InChI is InChI=1S/C13H18N2O3/c1-3-15(10-12(16)17)13(18)14(2)9-11-7-5-4-6-8-11/h4-8H,3,9-10H2,1-2H3,(H,16,17). The van der Waals surface area contributed by atoms with Crippen molar-refractivity contribution in [2.45, 2.75) is 13.5 Å². The average molecular weight is 250 g/mol. The third-order valence-corrected chi connectivity index (χ3v) is 2.57. The number of benzene rings is 1. The van der Waals surface area contributed by atoms with Crippen LogP contribution in [-0.4, -0.2) is 47.0 Å². The largest absolute Gasteiger partial charge is 0.480 e. The van der Waals surface area contributed by atoms with E-state index in [4.69, 9.17) is 5.11 Å². The molecule has 0 saturated heterocycles. The third kappa shape index (κ3) is 4.08. The van der Waals surface area contributed by atoms with Crippen molar-refractivity contribution < 1.29 is 14.7 Å². The highest BCUT2D eigenvalue weighted by molar-refractivity contribution is 5.80. The van der Waals surface area contributed by atoms with E-state index in [1.807, 2.05) is 30.3 Å². The average Bonchev–Trinajstić information content (AvgIpc) is 2.36. The Morgan fingerprint density at radius 3 is 2.33 bits per heavy atom. The smallest absolute Gasteiger partial charge is 0.323 e. The Morgan fingerprint density at radius 2 is 1.83 bits per heavy atom. The van der Waals surface area contributed by atoms with Gasteiger partial charge in [0.2, 0.25) is 0 Å². The minimum Gasteiger partial charge on any atom is -0.480 e. The summed E-state index contributed by atoms with van der Waals surface area (Å²) < 4.78 is 0. The van der Waals surface area contributed by atoms with E-state index in [9.17, 15) is 9.59 Å². The van der Waals surface area contributed by atoms with Gasteiger partial charge in [-0.25, -0.2) is 4.79 Å². The van der Waals surface area contributed by atoms with Crippen molar-refractivity contribution in [1.29, 1.82) is 0 Å². The molecule has 0 heterocycles. The lowest BCUT2D eigenvalue weighted by Crippen LogP contribution is -2.43. The summed E-state index contributed by atoms with van der Waals surface area (Å²) in [6.07, 6.45) is 0. The zero-order chi connectivity index (χ0) is 13.5. The molecule has 0 atom stereocenters. The van der Waals surface area contributed by atoms with E-state index < -0.39 is 5.97 Å². The molecule has 5 nitrogen and oxygen atoms in total. The molecule has 0 aromatic heterocycles. The SMILES string of the molecule is CCN(CC(=O)O)C(=O)N(C)Cc1ccccc1. The molecule has 0 fully saturated rings. The summed E-state index contributed by atoms with van der Waals surface area (Å²) in [5, 5.41) is 8.72. The molecule has 18 heavy (non-hydrogen) atoms. The number of hydrogen-bond donors (Lipinski definition) is 1. The lowest BCUT2D eigenvalue weighted by atomic mass is 10.2. The lowest BCUT2D eigenvalue weighted by molar-refractivity contribution is -0.137. The summed E-state index contributed by atoms with van der Waals surface area (Å²) in [7, 11) is 1.67. The molecule has 0 aliphatic heterocycles. The van der Waals surface area contributed by atoms with Crippen LogP contribution < -0.4 is 0 Å². The highest BCUT2D eigenvalue weighted by Gasteiger charge is 2.18. The van der Waals surface area contributed by atoms with Gasteiger partial charge in [-0.05, 0) is 12.5 Å². The van der Waals surface area contributed by atoms with E-state index in [1.165, 1.54) is 9.80 Å². The van der Waals surface area contributed by atoms with Crippen LogP contribution in [0.4, 0.5) is 4.79 Å². The molecule has 1 aromatic carbocycles. The second-order valence-electron chi connectivity index (χ2n) is 4.03. The molecule has 1 rings (SSSR count). The molecule has 0 saturated carbocycles. The number of carboxylic acids is 1. The summed E-state index contributed by atoms with van der Waals surface area (Å²) >= 11 is 0. The van der Waals surface area contributed by atoms with Gasteiger partial charge in [0, 0.05) is 20.1 Å². The van der Waals surface area contributed by atoms with Gasteiger partial charge in [0.25, 0.3) is 0 Å². The van der Waals surface area contributed by atoms with Gasteiger partial charge in [-0.3, -0.25) is 4.79 Å². The molecule has 0 bridgehead atoms. The van der Waals surface area contributed by atoms with Gasteiger partial charge in [-0.2, -0.15) is 0 Å². The number of hydrogen-bond acceptors (Lipinski definition) is 2. The predicted octanol–water partition coefficient (Wildman–Crippen LogP) is 1.64. The van der Waals surface area contributed by atoms with Crippen LogP contribution in [0.2, 0.25) is 0 Å². The molecule has 0 unspecified atom stereocenters. The van der Waals surface area contributed by atoms with Gasteiger partial charge in [0.05, 0.1) is 0 Å². The maximum Gasteiger partial charge on any atom is 0.323 e. The van der Waals surface area contributed by atoms with E-state index in [0.717, 1.165) is 5.56 Å². The first kappa shape index (κ1) is 14.0. The van der Waals surface area contributed by atoms with Crippen molar-refractivity contribution in [3.8, 4) is 0 Å². The number of likely N-dealkylation sites (N-methyl/N-ethyl adjacent to an activating group) is 1. The van der Waals surface area contributed by atoms with E-state index in [2.05, 4.69) is 0 Å². The molecule has 0 spiro atoms. The second-order valence-corrected chi connectivity index (χ2v) is 4.03. The van der Waals surface area contributed by atoms with Crippen molar-refractivity contribution >= 4 is 12.0 Å². The van der Waals surface area contributed by atoms with Crippen LogP contribution in [0.1, 0.15) is 12.5 Å². The van der Waals surface area contributed by atoms with Gasteiger partial charge in [0.1, 0.15) is 6.54 Å². The lowest BCUT2D eigenvalue weighted by Gasteiger charge is -2.26. The molecule has 98 valence electrons. The van der Waals surface area contributed by atoms with Crippen molar-refractivity contribution in [2.75, 3.05) is 20.1 Å². The number of carboxylic acid groups (broad SMARTS) is 1. The highest BCUT2D eigenvalue weighted by atomic mass is 16.4. The van der Waals surface area contributed by atoms with E-state index in [1.54, 1.807) is 14.0 Å². The fraction of sp³-hybridized carbons (Fsp3) is 0.385. The molecule has 0 radical (unpaired) electrons. The Labute approximate surface area is 107 Å². The van der Waals surface area contributed by atoms with Gasteiger partial charge in [-0.1, -0.05) is 30.3 Å². The Morgan fingerprint density at radius 1 is 1.22 bits per heavy atom. The molecule has 0 aliphatic carbocycles. The maximum atomic E-state index is 12.0. The van der Waals surface area contributed by atoms with Crippen LogP contribution in [0.25, 0.3) is 0 Å². The van der Waals surface area contributed by atoms with Crippen LogP contribution in [0, 0.1) is 0 Å². The fourth-order valence-electron chi connectivity index (χ4n) is 1.64. The summed E-state index contributed by atoms with van der Waals surface area (Å²) in [6.45, 7) is 2.34. The third-order valence-electron chi connectivity index (χ3n) is 2.57. The molecular weight excluding hydrogens is 232 g/mol. The Balaban J connectivity index is 2.62. The zero-order valence-electron chi connectivity index (χ0n) is 10.7. The Kier molecular flexibility index (Phi) is 5.17. The Hall–Kier alpha value is -2.04. The minimum absolute atomic E-state index is 0.269. The van der Waals surface area contributed by atoms with Gasteiger partial charge < -0.3 is 14.9 Å². The van der Waals surface area contributed by atoms with Crippen LogP contribution in [0.15, 0.2) is 30.3 Å². The number of nitrogens with zero attached hydrogens (tertiary/aromatic N) is 2. The van der Waals surface area contributed by atoms with E-state index in [-0.39, 0.29) is 12.6 Å². The van der Waals surface area contributed by atoms with E-state index in [0.29, 0.717) is 13.1 Å². The quantitative estimate of drug-likeness (QED) is 0.864. The van der Waals surface area contributed by atoms with Crippen LogP contribution >= 0.6 is 0 Å². The summed E-state index contributed by atoms with van der Waals surface area (Å²) in [5.41, 5.74) is 1.01. The fourth-order valence-corrected chi connectivity index (χ4v) is 1.64. The predicted molar refractivity (Wildman–Crippen MR) is 68.2 cm³/mol. The summed E-state index contributed by atoms with van der Waals surface area (Å²) in [4.78, 5) is 25.5. The molecule has 5 heteroatoms. The highest BCUT2D eigenvalue weighted by Crippen LogP contribution is 2.05. The number of carbonyl (C=O) groups excluding carboxylic acids is 1. The number of amides is 2. The van der Waals surface area contributed by atoms with Crippen molar-refractivity contribution in [3.05, 3.63) is 35.9 Å². The van der Waals surface area contributed by atoms with Crippen LogP contribution in [-0.2, 0) is 11.3 Å². The van der Waals surface area contributed by atoms with E-state index >= 15 is 0 Å². The topological polar surface area (TPSA) is 60.9 Å². The van der Waals surface area contributed by atoms with Gasteiger partial charge in [0.15, 0.2) is 0 Å². The summed E-state index contributed by atoms with van der Waals surface area (Å²) in [6, 6.07) is 9.30. The molecular formula is C13H18N2O3. The monoisotopic (exact) mass is 250 g/mol.